The fraction of sp³-hybridized carbons (Fsp3) is 0.333. The Hall–Kier alpha value is -4.70. The Balaban J connectivity index is 1.21. The van der Waals surface area contributed by atoms with Crippen molar-refractivity contribution < 1.29 is 9.47 Å². The average Bonchev–Trinajstić information content (AvgIpc) is 3.12. The van der Waals surface area contributed by atoms with Crippen molar-refractivity contribution in [3.05, 3.63) is 143 Å². The van der Waals surface area contributed by atoms with Gasteiger partial charge in [0.15, 0.2) is 0 Å². The second-order valence-electron chi connectivity index (χ2n) is 14.1. The molecule has 5 aromatic carbocycles. The molecule has 4 N–H and O–H groups in total. The molecule has 6 rings (SSSR count). The maximum absolute atomic E-state index is 6.28. The lowest BCUT2D eigenvalue weighted by Gasteiger charge is -2.41. The monoisotopic (exact) mass is 652 g/mol. The van der Waals surface area contributed by atoms with E-state index < -0.39 is 0 Å². The van der Waals surface area contributed by atoms with Crippen LogP contribution in [-0.2, 0) is 11.8 Å². The lowest BCUT2D eigenvalue weighted by molar-refractivity contribution is 0.314. The zero-order valence-electron chi connectivity index (χ0n) is 29.5. The van der Waals surface area contributed by atoms with Crippen molar-refractivity contribution in [2.45, 2.75) is 96.3 Å². The summed E-state index contributed by atoms with van der Waals surface area (Å²) in [5.41, 5.74) is 21.0. The van der Waals surface area contributed by atoms with Crippen molar-refractivity contribution in [1.82, 2.24) is 0 Å². The van der Waals surface area contributed by atoms with Crippen LogP contribution in [0.2, 0.25) is 0 Å². The maximum Gasteiger partial charge on any atom is 0.130 e. The van der Waals surface area contributed by atoms with Crippen LogP contribution in [-0.4, -0.2) is 0 Å². The fourth-order valence-electron chi connectivity index (χ4n) is 7.59. The number of ether oxygens (including phenoxy) is 2. The molecule has 49 heavy (non-hydrogen) atoms. The van der Waals surface area contributed by atoms with Gasteiger partial charge in [0.05, 0.1) is 0 Å². The smallest absolute Gasteiger partial charge is 0.130 e. The first-order valence-corrected chi connectivity index (χ1v) is 18.2. The summed E-state index contributed by atoms with van der Waals surface area (Å²) in [5.74, 6) is 3.87. The lowest BCUT2D eigenvalue weighted by Crippen LogP contribution is -2.32. The van der Waals surface area contributed by atoms with E-state index in [1.807, 2.05) is 50.2 Å². The number of nitrogen functional groups attached to an aromatic ring is 2. The minimum atomic E-state index is -0.0970. The van der Waals surface area contributed by atoms with E-state index in [-0.39, 0.29) is 5.41 Å². The molecule has 1 aliphatic carbocycles. The highest BCUT2D eigenvalue weighted by Crippen LogP contribution is 2.50. The van der Waals surface area contributed by atoms with Crippen LogP contribution in [0.25, 0.3) is 0 Å². The van der Waals surface area contributed by atoms with E-state index in [1.54, 1.807) is 0 Å². The van der Waals surface area contributed by atoms with Crippen LogP contribution < -0.4 is 20.9 Å². The molecule has 0 saturated heterocycles. The van der Waals surface area contributed by atoms with Gasteiger partial charge < -0.3 is 20.9 Å². The van der Waals surface area contributed by atoms with Crippen molar-refractivity contribution >= 4 is 11.4 Å². The molecule has 254 valence electrons. The maximum atomic E-state index is 6.28. The normalized spacial score (nSPS) is 14.4. The molecule has 0 spiro atoms. The minimum Gasteiger partial charge on any atom is -0.457 e. The zero-order chi connectivity index (χ0) is 34.2. The quantitative estimate of drug-likeness (QED) is 0.0981. The van der Waals surface area contributed by atoms with E-state index in [1.165, 1.54) is 60.8 Å². The molecule has 0 atom stereocenters. The van der Waals surface area contributed by atoms with Crippen molar-refractivity contribution in [3.8, 4) is 23.0 Å². The largest absolute Gasteiger partial charge is 0.457 e. The number of hydrogen-bond donors (Lipinski definition) is 2. The standard InChI is InChI=1S/C45H52N2O2/c1-4-5-6-7-8-9-34-10-12-35(13-11-34)36-26-28-45(29-27-36,37-14-20-41(21-15-37)48-43-24-18-39(46)30-32(43)2)38-16-22-42(23-17-38)49-44-25-19-40(47)31-33(44)3/h10-25,30-31,36H,4-9,26-29,46-47H2,1-3H3. The number of rotatable bonds is 13. The summed E-state index contributed by atoms with van der Waals surface area (Å²) in [4.78, 5) is 0. The van der Waals surface area contributed by atoms with Crippen molar-refractivity contribution in [2.24, 2.45) is 0 Å². The minimum absolute atomic E-state index is 0.0970. The highest BCUT2D eigenvalue weighted by atomic mass is 16.5. The summed E-state index contributed by atoms with van der Waals surface area (Å²) in [6.45, 7) is 6.33. The Kier molecular flexibility index (Phi) is 10.9. The van der Waals surface area contributed by atoms with Gasteiger partial charge in [0.1, 0.15) is 23.0 Å². The first-order chi connectivity index (χ1) is 23.8. The van der Waals surface area contributed by atoms with Crippen molar-refractivity contribution in [1.29, 1.82) is 0 Å². The molecule has 4 heteroatoms. The topological polar surface area (TPSA) is 70.5 Å². The van der Waals surface area contributed by atoms with Crippen LogP contribution in [0.1, 0.15) is 104 Å². The third kappa shape index (κ3) is 8.31. The van der Waals surface area contributed by atoms with Gasteiger partial charge in [-0.3, -0.25) is 0 Å². The Morgan fingerprint density at radius 3 is 1.55 bits per heavy atom. The number of aryl methyl sites for hydroxylation is 3. The van der Waals surface area contributed by atoms with Gasteiger partial charge in [-0.2, -0.15) is 0 Å². The number of hydrogen-bond acceptors (Lipinski definition) is 4. The summed E-state index contributed by atoms with van der Waals surface area (Å²) >= 11 is 0. The summed E-state index contributed by atoms with van der Waals surface area (Å²) < 4.78 is 12.6. The van der Waals surface area contributed by atoms with Crippen LogP contribution in [0.5, 0.6) is 23.0 Å². The molecule has 1 aliphatic rings. The molecule has 4 nitrogen and oxygen atoms in total. The molecule has 5 aromatic rings. The highest BCUT2D eigenvalue weighted by Gasteiger charge is 2.39. The Morgan fingerprint density at radius 1 is 0.592 bits per heavy atom. The van der Waals surface area contributed by atoms with Crippen molar-refractivity contribution in [2.75, 3.05) is 11.5 Å². The van der Waals surface area contributed by atoms with Gasteiger partial charge in [0.2, 0.25) is 0 Å². The molecular weight excluding hydrogens is 601 g/mol. The second kappa shape index (κ2) is 15.7. The lowest BCUT2D eigenvalue weighted by atomic mass is 9.62. The van der Waals surface area contributed by atoms with Crippen LogP contribution >= 0.6 is 0 Å². The molecule has 1 fully saturated rings. The predicted molar refractivity (Wildman–Crippen MR) is 205 cm³/mol. The van der Waals surface area contributed by atoms with E-state index >= 15 is 0 Å². The third-order valence-electron chi connectivity index (χ3n) is 10.5. The van der Waals surface area contributed by atoms with Gasteiger partial charge in [0.25, 0.3) is 0 Å². The average molecular weight is 653 g/mol. The van der Waals surface area contributed by atoms with Gasteiger partial charge in [-0.25, -0.2) is 0 Å². The summed E-state index contributed by atoms with van der Waals surface area (Å²) in [6, 6.07) is 38.6. The van der Waals surface area contributed by atoms with Crippen molar-refractivity contribution in [3.63, 3.8) is 0 Å². The molecule has 0 heterocycles. The second-order valence-corrected chi connectivity index (χ2v) is 14.1. The Labute approximate surface area is 293 Å². The number of nitrogens with two attached hydrogens (primary N) is 2. The SMILES string of the molecule is CCCCCCCc1ccc(C2CCC(c3ccc(Oc4ccc(N)cc4C)cc3)(c3ccc(Oc4ccc(N)cc4C)cc3)CC2)cc1. The number of benzene rings is 5. The Bertz CT molecular complexity index is 1700. The van der Waals surface area contributed by atoms with Crippen LogP contribution in [0.3, 0.4) is 0 Å². The van der Waals surface area contributed by atoms with E-state index in [0.717, 1.165) is 71.2 Å². The molecule has 0 unspecified atom stereocenters. The Morgan fingerprint density at radius 2 is 1.08 bits per heavy atom. The van der Waals surface area contributed by atoms with E-state index in [9.17, 15) is 0 Å². The van der Waals surface area contributed by atoms with Gasteiger partial charge >= 0.3 is 0 Å². The molecule has 0 aliphatic heterocycles. The molecular formula is C45H52N2O2. The molecule has 0 bridgehead atoms. The summed E-state index contributed by atoms with van der Waals surface area (Å²) in [7, 11) is 0. The molecule has 0 amide bonds. The van der Waals surface area contributed by atoms with Gasteiger partial charge in [-0.05, 0) is 152 Å². The zero-order valence-corrected chi connectivity index (χ0v) is 29.5. The fourth-order valence-corrected chi connectivity index (χ4v) is 7.59. The molecule has 0 aromatic heterocycles. The van der Waals surface area contributed by atoms with Gasteiger partial charge in [-0.15, -0.1) is 0 Å². The van der Waals surface area contributed by atoms with Crippen LogP contribution in [0, 0.1) is 13.8 Å². The third-order valence-corrected chi connectivity index (χ3v) is 10.5. The number of unbranched alkanes of at least 4 members (excludes halogenated alkanes) is 4. The number of anilines is 2. The highest BCUT2D eigenvalue weighted by molar-refractivity contribution is 5.51. The van der Waals surface area contributed by atoms with Crippen LogP contribution in [0.4, 0.5) is 11.4 Å². The van der Waals surface area contributed by atoms with Gasteiger partial charge in [0, 0.05) is 16.8 Å². The summed E-state index contributed by atoms with van der Waals surface area (Å²) in [6.07, 6.45) is 12.2. The van der Waals surface area contributed by atoms with E-state index in [0.29, 0.717) is 5.92 Å². The first kappa shape index (κ1) is 34.2. The van der Waals surface area contributed by atoms with Crippen LogP contribution in [0.15, 0.2) is 109 Å². The first-order valence-electron chi connectivity index (χ1n) is 18.2. The molecule has 0 radical (unpaired) electrons. The molecule has 1 saturated carbocycles. The van der Waals surface area contributed by atoms with E-state index in [4.69, 9.17) is 20.9 Å². The summed E-state index contributed by atoms with van der Waals surface area (Å²) in [5, 5.41) is 0. The van der Waals surface area contributed by atoms with E-state index in [2.05, 4.69) is 79.7 Å². The predicted octanol–water partition coefficient (Wildman–Crippen LogP) is 12.2. The van der Waals surface area contributed by atoms with Gasteiger partial charge in [-0.1, -0.05) is 81.1 Å².